The van der Waals surface area contributed by atoms with Crippen molar-refractivity contribution in [2.24, 2.45) is 0 Å². The van der Waals surface area contributed by atoms with Crippen LogP contribution in [0.2, 0.25) is 0 Å². The molecule has 24 heavy (non-hydrogen) atoms. The highest BCUT2D eigenvalue weighted by atomic mass is 16.7. The van der Waals surface area contributed by atoms with Crippen LogP contribution in [-0.2, 0) is 13.1 Å². The Kier molecular flexibility index (Phi) is 4.36. The fourth-order valence-corrected chi connectivity index (χ4v) is 3.36. The molecule has 0 bridgehead atoms. The summed E-state index contributed by atoms with van der Waals surface area (Å²) in [5, 5.41) is 7.64. The molecular formula is C17H22N4O3. The van der Waals surface area contributed by atoms with Crippen LogP contribution in [0.4, 0.5) is 0 Å². The van der Waals surface area contributed by atoms with Gasteiger partial charge in [0, 0.05) is 31.6 Å². The molecule has 0 unspecified atom stereocenters. The third-order valence-corrected chi connectivity index (χ3v) is 4.50. The molecule has 1 N–H and O–H groups in total. The number of likely N-dealkylation sites (tertiary alicyclic amines) is 1. The topological polar surface area (TPSA) is 72.7 Å². The number of nitrogens with one attached hydrogen (secondary N) is 1. The molecule has 7 heteroatoms. The maximum Gasteiger partial charge on any atom is 0.231 e. The molecule has 0 radical (unpaired) electrons. The predicted octanol–water partition coefficient (Wildman–Crippen LogP) is 1.86. The van der Waals surface area contributed by atoms with Crippen LogP contribution < -0.4 is 14.8 Å². The number of hydrogen-bond donors (Lipinski definition) is 1. The van der Waals surface area contributed by atoms with Gasteiger partial charge in [0.2, 0.25) is 12.7 Å². The van der Waals surface area contributed by atoms with Crippen LogP contribution in [0.5, 0.6) is 11.5 Å². The third-order valence-electron chi connectivity index (χ3n) is 4.50. The molecule has 3 heterocycles. The highest BCUT2D eigenvalue weighted by Crippen LogP contribution is 2.35. The van der Waals surface area contributed by atoms with Crippen molar-refractivity contribution in [2.45, 2.75) is 38.9 Å². The van der Waals surface area contributed by atoms with E-state index in [9.17, 15) is 0 Å². The molecular weight excluding hydrogens is 308 g/mol. The minimum absolute atomic E-state index is 0.313. The van der Waals surface area contributed by atoms with Crippen LogP contribution in [0.15, 0.2) is 22.7 Å². The molecule has 0 spiro atoms. The summed E-state index contributed by atoms with van der Waals surface area (Å²) < 4.78 is 16.1. The fraction of sp³-hybridized carbons (Fsp3) is 0.529. The van der Waals surface area contributed by atoms with E-state index >= 15 is 0 Å². The van der Waals surface area contributed by atoms with Crippen molar-refractivity contribution in [1.82, 2.24) is 20.4 Å². The van der Waals surface area contributed by atoms with Gasteiger partial charge in [-0.25, -0.2) is 0 Å². The number of benzene rings is 1. The standard InChI is InChI=1S/C17H22N4O3/c1-12-19-16(20-24-12)10-21-7-3-5-14(9-21)18-8-13-4-2-6-15-17(13)23-11-22-15/h2,4,6,14,18H,3,5,7-11H2,1H3/t14-/m0/s1. The number of piperidine rings is 1. The van der Waals surface area contributed by atoms with Crippen molar-refractivity contribution >= 4 is 0 Å². The quantitative estimate of drug-likeness (QED) is 0.897. The number of aromatic nitrogens is 2. The van der Waals surface area contributed by atoms with Crippen LogP contribution in [0.3, 0.4) is 0 Å². The van der Waals surface area contributed by atoms with E-state index in [2.05, 4.69) is 26.4 Å². The van der Waals surface area contributed by atoms with Crippen molar-refractivity contribution in [3.63, 3.8) is 0 Å². The average molecular weight is 330 g/mol. The molecule has 7 nitrogen and oxygen atoms in total. The zero-order valence-electron chi connectivity index (χ0n) is 13.8. The minimum atomic E-state index is 0.313. The molecule has 1 fully saturated rings. The van der Waals surface area contributed by atoms with Gasteiger partial charge in [-0.3, -0.25) is 4.90 Å². The number of nitrogens with zero attached hydrogens (tertiary/aromatic N) is 3. The Morgan fingerprint density at radius 1 is 1.33 bits per heavy atom. The molecule has 4 rings (SSSR count). The summed E-state index contributed by atoms with van der Waals surface area (Å²) in [6.07, 6.45) is 2.34. The summed E-state index contributed by atoms with van der Waals surface area (Å²) in [4.78, 5) is 6.67. The summed E-state index contributed by atoms with van der Waals surface area (Å²) in [5.41, 5.74) is 1.15. The average Bonchev–Trinajstić information content (AvgIpc) is 3.22. The molecule has 1 atom stereocenters. The maximum atomic E-state index is 5.57. The number of ether oxygens (including phenoxy) is 2. The number of aryl methyl sites for hydroxylation is 1. The summed E-state index contributed by atoms with van der Waals surface area (Å²) in [5.74, 6) is 3.10. The lowest BCUT2D eigenvalue weighted by molar-refractivity contribution is 0.171. The molecule has 2 aliphatic heterocycles. The fourth-order valence-electron chi connectivity index (χ4n) is 3.36. The van der Waals surface area contributed by atoms with Gasteiger partial charge in [-0.15, -0.1) is 0 Å². The first-order valence-corrected chi connectivity index (χ1v) is 8.40. The first-order valence-electron chi connectivity index (χ1n) is 8.40. The molecule has 0 amide bonds. The Morgan fingerprint density at radius 3 is 3.17 bits per heavy atom. The van der Waals surface area contributed by atoms with E-state index in [1.165, 1.54) is 12.8 Å². The van der Waals surface area contributed by atoms with E-state index in [4.69, 9.17) is 14.0 Å². The largest absolute Gasteiger partial charge is 0.454 e. The molecule has 1 aromatic carbocycles. The van der Waals surface area contributed by atoms with Gasteiger partial charge in [0.15, 0.2) is 17.3 Å². The SMILES string of the molecule is Cc1nc(CN2CCC[C@H](NCc3cccc4c3OCO4)C2)no1. The van der Waals surface area contributed by atoms with E-state index in [-0.39, 0.29) is 0 Å². The van der Waals surface area contributed by atoms with Crippen LogP contribution in [0, 0.1) is 6.92 Å². The summed E-state index contributed by atoms with van der Waals surface area (Å²) in [7, 11) is 0. The number of hydrogen-bond acceptors (Lipinski definition) is 7. The smallest absolute Gasteiger partial charge is 0.231 e. The third kappa shape index (κ3) is 3.37. The van der Waals surface area contributed by atoms with Crippen molar-refractivity contribution < 1.29 is 14.0 Å². The lowest BCUT2D eigenvalue weighted by Gasteiger charge is -2.32. The molecule has 2 aliphatic rings. The Labute approximate surface area is 140 Å². The molecule has 0 saturated carbocycles. The van der Waals surface area contributed by atoms with Gasteiger partial charge in [0.1, 0.15) is 0 Å². The summed E-state index contributed by atoms with van der Waals surface area (Å²) in [6, 6.07) is 6.49. The molecule has 2 aromatic rings. The number of para-hydroxylation sites is 1. The van der Waals surface area contributed by atoms with Crippen LogP contribution in [0.25, 0.3) is 0 Å². The zero-order valence-corrected chi connectivity index (χ0v) is 13.8. The van der Waals surface area contributed by atoms with Gasteiger partial charge in [-0.05, 0) is 25.5 Å². The van der Waals surface area contributed by atoms with Crippen molar-refractivity contribution in [2.75, 3.05) is 19.9 Å². The van der Waals surface area contributed by atoms with Crippen molar-refractivity contribution in [3.05, 3.63) is 35.5 Å². The van der Waals surface area contributed by atoms with E-state index in [0.29, 0.717) is 18.7 Å². The van der Waals surface area contributed by atoms with Gasteiger partial charge in [-0.1, -0.05) is 17.3 Å². The Bertz CT molecular complexity index is 703. The van der Waals surface area contributed by atoms with Gasteiger partial charge in [-0.2, -0.15) is 4.98 Å². The lowest BCUT2D eigenvalue weighted by Crippen LogP contribution is -2.45. The Hall–Kier alpha value is -2.12. The van der Waals surface area contributed by atoms with Crippen molar-refractivity contribution in [3.8, 4) is 11.5 Å². The second kappa shape index (κ2) is 6.78. The number of fused-ring (bicyclic) bond motifs is 1. The maximum absolute atomic E-state index is 5.57. The molecule has 128 valence electrons. The molecule has 1 aromatic heterocycles. The van der Waals surface area contributed by atoms with Gasteiger partial charge < -0.3 is 19.3 Å². The van der Waals surface area contributed by atoms with E-state index in [0.717, 1.165) is 49.1 Å². The molecule has 1 saturated heterocycles. The van der Waals surface area contributed by atoms with Gasteiger partial charge in [0.05, 0.1) is 6.54 Å². The Morgan fingerprint density at radius 2 is 2.29 bits per heavy atom. The second-order valence-electron chi connectivity index (χ2n) is 6.34. The normalized spacial score (nSPS) is 20.5. The predicted molar refractivity (Wildman–Crippen MR) is 86.7 cm³/mol. The monoisotopic (exact) mass is 330 g/mol. The second-order valence-corrected chi connectivity index (χ2v) is 6.34. The van der Waals surface area contributed by atoms with Crippen LogP contribution >= 0.6 is 0 Å². The van der Waals surface area contributed by atoms with Gasteiger partial charge >= 0.3 is 0 Å². The summed E-state index contributed by atoms with van der Waals surface area (Å²) in [6.45, 7) is 5.72. The van der Waals surface area contributed by atoms with E-state index in [1.54, 1.807) is 0 Å². The van der Waals surface area contributed by atoms with Gasteiger partial charge in [0.25, 0.3) is 0 Å². The number of rotatable bonds is 5. The first kappa shape index (κ1) is 15.4. The Balaban J connectivity index is 1.33. The van der Waals surface area contributed by atoms with Crippen LogP contribution in [-0.4, -0.2) is 41.0 Å². The minimum Gasteiger partial charge on any atom is -0.454 e. The first-order chi connectivity index (χ1) is 11.8. The van der Waals surface area contributed by atoms with Crippen molar-refractivity contribution in [1.29, 1.82) is 0 Å². The highest BCUT2D eigenvalue weighted by Gasteiger charge is 2.22. The highest BCUT2D eigenvalue weighted by molar-refractivity contribution is 5.48. The zero-order chi connectivity index (χ0) is 16.4. The molecule has 0 aliphatic carbocycles. The van der Waals surface area contributed by atoms with Crippen LogP contribution in [0.1, 0.15) is 30.1 Å². The van der Waals surface area contributed by atoms with E-state index in [1.807, 2.05) is 19.1 Å². The van der Waals surface area contributed by atoms with E-state index < -0.39 is 0 Å². The lowest BCUT2D eigenvalue weighted by atomic mass is 10.0. The summed E-state index contributed by atoms with van der Waals surface area (Å²) >= 11 is 0.